The van der Waals surface area contributed by atoms with Crippen LogP contribution >= 0.6 is 11.8 Å². The van der Waals surface area contributed by atoms with Crippen molar-refractivity contribution >= 4 is 28.5 Å². The minimum atomic E-state index is -0.517. The Morgan fingerprint density at radius 1 is 1.18 bits per heavy atom. The fraction of sp³-hybridized carbons (Fsp3) is 0.500. The van der Waals surface area contributed by atoms with Crippen molar-refractivity contribution in [3.8, 4) is 0 Å². The van der Waals surface area contributed by atoms with Gasteiger partial charge in [-0.05, 0) is 16.4 Å². The van der Waals surface area contributed by atoms with Gasteiger partial charge in [0.25, 0.3) is 0 Å². The lowest BCUT2D eigenvalue weighted by Crippen LogP contribution is -2.08. The molecule has 0 spiro atoms. The molecule has 0 fully saturated rings. The van der Waals surface area contributed by atoms with Crippen LogP contribution in [0.25, 0.3) is 11.0 Å². The third-order valence-electron chi connectivity index (χ3n) is 2.65. The van der Waals surface area contributed by atoms with Gasteiger partial charge >= 0.3 is 5.69 Å². The molecule has 22 heavy (non-hydrogen) atoms. The SMILES string of the molecule is O=[N+]([O-])c1ccc(SCCOCCOCCO)c2nonc12. The van der Waals surface area contributed by atoms with Gasteiger partial charge in [0.15, 0.2) is 5.52 Å². The predicted octanol–water partition coefficient (Wildman–Crippen LogP) is 1.25. The number of aromatic nitrogens is 2. The summed E-state index contributed by atoms with van der Waals surface area (Å²) in [6, 6.07) is 3.01. The molecule has 0 bridgehead atoms. The highest BCUT2D eigenvalue weighted by Gasteiger charge is 2.19. The number of thioether (sulfide) groups is 1. The maximum atomic E-state index is 10.9. The molecule has 9 nitrogen and oxygen atoms in total. The standard InChI is InChI=1S/C12H15N3O6S/c16-3-4-19-5-6-20-7-8-22-10-2-1-9(15(17)18)11-12(10)14-21-13-11/h1-2,16H,3-8H2. The Kier molecular flexibility index (Phi) is 6.52. The van der Waals surface area contributed by atoms with Crippen LogP contribution in [-0.4, -0.2) is 59.1 Å². The number of nitrogens with zero attached hydrogens (tertiary/aromatic N) is 3. The number of ether oxygens (including phenoxy) is 2. The van der Waals surface area contributed by atoms with E-state index in [1.54, 1.807) is 6.07 Å². The summed E-state index contributed by atoms with van der Waals surface area (Å²) in [7, 11) is 0. The largest absolute Gasteiger partial charge is 0.394 e. The third kappa shape index (κ3) is 4.37. The number of hydrogen-bond donors (Lipinski definition) is 1. The molecule has 0 unspecified atom stereocenters. The van der Waals surface area contributed by atoms with Crippen molar-refractivity contribution in [2.75, 3.05) is 38.8 Å². The van der Waals surface area contributed by atoms with Crippen molar-refractivity contribution in [1.29, 1.82) is 0 Å². The first-order valence-electron chi connectivity index (χ1n) is 6.53. The number of nitro benzene ring substituents is 1. The minimum Gasteiger partial charge on any atom is -0.394 e. The van der Waals surface area contributed by atoms with Gasteiger partial charge in [-0.1, -0.05) is 0 Å². The smallest absolute Gasteiger partial charge is 0.300 e. The van der Waals surface area contributed by atoms with Crippen molar-refractivity contribution < 1.29 is 24.1 Å². The maximum absolute atomic E-state index is 10.9. The van der Waals surface area contributed by atoms with Crippen LogP contribution in [0.1, 0.15) is 0 Å². The Morgan fingerprint density at radius 3 is 2.64 bits per heavy atom. The van der Waals surface area contributed by atoms with Gasteiger partial charge < -0.3 is 14.6 Å². The first-order valence-corrected chi connectivity index (χ1v) is 7.51. The molecule has 0 radical (unpaired) electrons. The van der Waals surface area contributed by atoms with E-state index in [0.717, 1.165) is 4.90 Å². The quantitative estimate of drug-likeness (QED) is 0.297. The maximum Gasteiger partial charge on any atom is 0.300 e. The van der Waals surface area contributed by atoms with Crippen molar-refractivity contribution in [2.45, 2.75) is 4.90 Å². The normalized spacial score (nSPS) is 11.1. The van der Waals surface area contributed by atoms with Gasteiger partial charge in [0.1, 0.15) is 0 Å². The van der Waals surface area contributed by atoms with Gasteiger partial charge in [-0.15, -0.1) is 11.8 Å². The van der Waals surface area contributed by atoms with Crippen LogP contribution in [-0.2, 0) is 9.47 Å². The van der Waals surface area contributed by atoms with Gasteiger partial charge in [0, 0.05) is 16.7 Å². The van der Waals surface area contributed by atoms with Gasteiger partial charge in [-0.2, -0.15) is 0 Å². The van der Waals surface area contributed by atoms with E-state index >= 15 is 0 Å². The van der Waals surface area contributed by atoms with E-state index in [4.69, 9.17) is 14.6 Å². The first kappa shape index (κ1) is 16.6. The number of non-ortho nitro benzene ring substituents is 1. The van der Waals surface area contributed by atoms with Crippen LogP contribution in [0.5, 0.6) is 0 Å². The molecule has 1 aromatic carbocycles. The van der Waals surface area contributed by atoms with Crippen LogP contribution in [0.3, 0.4) is 0 Å². The van der Waals surface area contributed by atoms with E-state index in [2.05, 4.69) is 14.9 Å². The summed E-state index contributed by atoms with van der Waals surface area (Å²) in [5, 5.41) is 26.7. The van der Waals surface area contributed by atoms with E-state index in [-0.39, 0.29) is 17.8 Å². The fourth-order valence-corrected chi connectivity index (χ4v) is 2.55. The lowest BCUT2D eigenvalue weighted by atomic mass is 10.3. The molecule has 120 valence electrons. The van der Waals surface area contributed by atoms with Crippen LogP contribution in [0.2, 0.25) is 0 Å². The summed E-state index contributed by atoms with van der Waals surface area (Å²) < 4.78 is 15.0. The Labute approximate surface area is 129 Å². The second-order valence-electron chi connectivity index (χ2n) is 4.10. The second kappa shape index (κ2) is 8.63. The van der Waals surface area contributed by atoms with Crippen LogP contribution in [0.15, 0.2) is 21.7 Å². The number of nitro groups is 1. The topological polar surface area (TPSA) is 121 Å². The molecule has 1 heterocycles. The average molecular weight is 329 g/mol. The number of aliphatic hydroxyl groups excluding tert-OH is 1. The molecule has 2 aromatic rings. The molecule has 2 rings (SSSR count). The molecule has 0 saturated heterocycles. The molecule has 0 aliphatic rings. The molecule has 0 atom stereocenters. The summed E-state index contributed by atoms with van der Waals surface area (Å²) in [6.07, 6.45) is 0. The molecule has 1 N–H and O–H groups in total. The van der Waals surface area contributed by atoms with E-state index in [1.165, 1.54) is 17.8 Å². The first-order chi connectivity index (χ1) is 10.7. The third-order valence-corrected chi connectivity index (χ3v) is 3.66. The molecule has 1 aromatic heterocycles. The van der Waals surface area contributed by atoms with Crippen molar-refractivity contribution in [2.24, 2.45) is 0 Å². The van der Waals surface area contributed by atoms with Gasteiger partial charge in [0.2, 0.25) is 5.52 Å². The molecule has 0 aliphatic carbocycles. The summed E-state index contributed by atoms with van der Waals surface area (Å²) in [5.41, 5.74) is 0.400. The number of aliphatic hydroxyl groups is 1. The zero-order valence-corrected chi connectivity index (χ0v) is 12.5. The predicted molar refractivity (Wildman–Crippen MR) is 77.9 cm³/mol. The molecule has 0 amide bonds. The summed E-state index contributed by atoms with van der Waals surface area (Å²) in [4.78, 5) is 11.1. The van der Waals surface area contributed by atoms with Gasteiger partial charge in [0.05, 0.1) is 38.0 Å². The summed E-state index contributed by atoms with van der Waals surface area (Å²) in [5.74, 6) is 0.653. The molecule has 0 saturated carbocycles. The Bertz CT molecular complexity index is 620. The highest BCUT2D eigenvalue weighted by molar-refractivity contribution is 7.99. The minimum absolute atomic E-state index is 0.00225. The molecular formula is C12H15N3O6S. The highest BCUT2D eigenvalue weighted by atomic mass is 32.2. The van der Waals surface area contributed by atoms with E-state index in [9.17, 15) is 10.1 Å². The Morgan fingerprint density at radius 2 is 1.91 bits per heavy atom. The van der Waals surface area contributed by atoms with E-state index in [1.807, 2.05) is 0 Å². The molecular weight excluding hydrogens is 314 g/mol. The molecule has 0 aliphatic heterocycles. The monoisotopic (exact) mass is 329 g/mol. The van der Waals surface area contributed by atoms with Crippen molar-refractivity contribution in [3.05, 3.63) is 22.2 Å². The van der Waals surface area contributed by atoms with Crippen LogP contribution in [0, 0.1) is 10.1 Å². The van der Waals surface area contributed by atoms with Crippen LogP contribution in [0.4, 0.5) is 5.69 Å². The van der Waals surface area contributed by atoms with Crippen molar-refractivity contribution in [3.63, 3.8) is 0 Å². The number of benzene rings is 1. The van der Waals surface area contributed by atoms with Gasteiger partial charge in [-0.3, -0.25) is 10.1 Å². The Hall–Kier alpha value is -1.75. The Balaban J connectivity index is 1.81. The number of fused-ring (bicyclic) bond motifs is 1. The second-order valence-corrected chi connectivity index (χ2v) is 5.23. The van der Waals surface area contributed by atoms with Crippen LogP contribution < -0.4 is 0 Å². The van der Waals surface area contributed by atoms with E-state index < -0.39 is 4.92 Å². The molecule has 10 heteroatoms. The summed E-state index contributed by atoms with van der Waals surface area (Å²) >= 11 is 1.45. The lowest BCUT2D eigenvalue weighted by Gasteiger charge is -2.05. The number of rotatable bonds is 10. The van der Waals surface area contributed by atoms with E-state index in [0.29, 0.717) is 37.7 Å². The summed E-state index contributed by atoms with van der Waals surface area (Å²) in [6.45, 7) is 1.68. The van der Waals surface area contributed by atoms with Gasteiger partial charge in [-0.25, -0.2) is 4.63 Å². The average Bonchev–Trinajstić information content (AvgIpc) is 2.99. The number of hydrogen-bond acceptors (Lipinski definition) is 9. The van der Waals surface area contributed by atoms with Crippen molar-refractivity contribution in [1.82, 2.24) is 10.3 Å². The zero-order chi connectivity index (χ0) is 15.8. The lowest BCUT2D eigenvalue weighted by molar-refractivity contribution is -0.383. The highest BCUT2D eigenvalue weighted by Crippen LogP contribution is 2.31. The fourth-order valence-electron chi connectivity index (χ4n) is 1.69. The zero-order valence-electron chi connectivity index (χ0n) is 11.6.